The van der Waals surface area contributed by atoms with Gasteiger partial charge >= 0.3 is 10.3 Å². The lowest BCUT2D eigenvalue weighted by atomic mass is 9.91. The Bertz CT molecular complexity index is 296. The molecule has 0 bridgehead atoms. The average Bonchev–Trinajstić information content (AvgIpc) is 2.31. The molecule has 0 radical (unpaired) electrons. The van der Waals surface area contributed by atoms with Gasteiger partial charge in [-0.3, -0.25) is 4.18 Å². The summed E-state index contributed by atoms with van der Waals surface area (Å²) in [4.78, 5) is 0. The fourth-order valence-electron chi connectivity index (χ4n) is 1.99. The van der Waals surface area contributed by atoms with Crippen LogP contribution in [0.4, 0.5) is 0 Å². The molecular formula is C7H13NO3S. The van der Waals surface area contributed by atoms with Crippen molar-refractivity contribution in [1.82, 2.24) is 4.31 Å². The number of rotatable bonds is 0. The summed E-state index contributed by atoms with van der Waals surface area (Å²) >= 11 is 0. The predicted octanol–water partition coefficient (Wildman–Crippen LogP) is 0.362. The van der Waals surface area contributed by atoms with Gasteiger partial charge in [0.25, 0.3) is 0 Å². The number of nitrogens with zero attached hydrogens (tertiary/aromatic N) is 1. The summed E-state index contributed by atoms with van der Waals surface area (Å²) in [6.07, 6.45) is 0.909. The molecule has 2 rings (SSSR count). The summed E-state index contributed by atoms with van der Waals surface area (Å²) in [5.41, 5.74) is 0.113. The van der Waals surface area contributed by atoms with Crippen molar-refractivity contribution in [2.24, 2.45) is 5.41 Å². The van der Waals surface area contributed by atoms with Gasteiger partial charge in [0.2, 0.25) is 0 Å². The van der Waals surface area contributed by atoms with Gasteiger partial charge in [-0.05, 0) is 11.8 Å². The second kappa shape index (κ2) is 2.21. The molecule has 0 aromatic rings. The highest BCUT2D eigenvalue weighted by atomic mass is 32.2. The quantitative estimate of drug-likeness (QED) is 0.555. The molecule has 0 aromatic heterocycles. The molecule has 5 heteroatoms. The normalized spacial score (nSPS) is 38.3. The minimum absolute atomic E-state index is 0.0880. The lowest BCUT2D eigenvalue weighted by Gasteiger charge is -2.16. The topological polar surface area (TPSA) is 46.6 Å². The standard InChI is InChI=1S/C7H13NO3S/c1-7(2)3-6-4-11-12(9,10)8(6)5-7/h6H,3-5H2,1-2H3. The van der Waals surface area contributed by atoms with Gasteiger partial charge in [-0.2, -0.15) is 12.7 Å². The maximum atomic E-state index is 11.2. The Labute approximate surface area is 72.8 Å². The molecule has 4 nitrogen and oxygen atoms in total. The van der Waals surface area contributed by atoms with Gasteiger partial charge < -0.3 is 0 Å². The highest BCUT2D eigenvalue weighted by Gasteiger charge is 2.48. The Balaban J connectivity index is 2.28. The van der Waals surface area contributed by atoms with Crippen LogP contribution in [-0.4, -0.2) is 31.9 Å². The van der Waals surface area contributed by atoms with Crippen molar-refractivity contribution in [3.05, 3.63) is 0 Å². The Hall–Kier alpha value is -0.130. The van der Waals surface area contributed by atoms with Crippen LogP contribution in [0.3, 0.4) is 0 Å². The zero-order valence-electron chi connectivity index (χ0n) is 7.28. The Morgan fingerprint density at radius 1 is 1.50 bits per heavy atom. The van der Waals surface area contributed by atoms with Crippen LogP contribution in [0.2, 0.25) is 0 Å². The van der Waals surface area contributed by atoms with Gasteiger partial charge in [-0.1, -0.05) is 13.8 Å². The maximum absolute atomic E-state index is 11.2. The lowest BCUT2D eigenvalue weighted by molar-refractivity contribution is 0.305. The van der Waals surface area contributed by atoms with Gasteiger partial charge in [-0.15, -0.1) is 0 Å². The van der Waals surface area contributed by atoms with Gasteiger partial charge in [0, 0.05) is 6.54 Å². The van der Waals surface area contributed by atoms with Crippen LogP contribution < -0.4 is 0 Å². The molecule has 2 heterocycles. The molecule has 1 atom stereocenters. The summed E-state index contributed by atoms with van der Waals surface area (Å²) in [5, 5.41) is 0. The Morgan fingerprint density at radius 3 is 2.75 bits per heavy atom. The highest BCUT2D eigenvalue weighted by Crippen LogP contribution is 2.39. The first-order valence-corrected chi connectivity index (χ1v) is 5.43. The first-order valence-electron chi connectivity index (χ1n) is 4.07. The SMILES string of the molecule is CC1(C)CC2COS(=O)(=O)N2C1. The third-order valence-corrected chi connectivity index (χ3v) is 3.91. The molecule has 2 aliphatic heterocycles. The van der Waals surface area contributed by atoms with Crippen molar-refractivity contribution in [3.63, 3.8) is 0 Å². The van der Waals surface area contributed by atoms with Crippen LogP contribution in [0.1, 0.15) is 20.3 Å². The van der Waals surface area contributed by atoms with Gasteiger partial charge in [0.05, 0.1) is 12.6 Å². The second-order valence-electron chi connectivity index (χ2n) is 4.31. The van der Waals surface area contributed by atoms with E-state index >= 15 is 0 Å². The minimum Gasteiger partial charge on any atom is -0.256 e. The molecule has 2 fully saturated rings. The van der Waals surface area contributed by atoms with Crippen LogP contribution in [0.25, 0.3) is 0 Å². The molecule has 2 saturated heterocycles. The highest BCUT2D eigenvalue weighted by molar-refractivity contribution is 7.84. The monoisotopic (exact) mass is 191 g/mol. The minimum atomic E-state index is -3.36. The van der Waals surface area contributed by atoms with E-state index in [1.807, 2.05) is 0 Å². The Kier molecular flexibility index (Phi) is 1.56. The molecule has 0 spiro atoms. The van der Waals surface area contributed by atoms with E-state index in [0.717, 1.165) is 6.42 Å². The lowest BCUT2D eigenvalue weighted by Crippen LogP contribution is -2.29. The summed E-state index contributed by atoms with van der Waals surface area (Å²) in [6, 6.07) is 0.0880. The molecule has 0 saturated carbocycles. The van der Waals surface area contributed by atoms with Crippen molar-refractivity contribution < 1.29 is 12.6 Å². The van der Waals surface area contributed by atoms with E-state index in [0.29, 0.717) is 13.2 Å². The molecule has 12 heavy (non-hydrogen) atoms. The van der Waals surface area contributed by atoms with Crippen molar-refractivity contribution in [3.8, 4) is 0 Å². The van der Waals surface area contributed by atoms with Crippen molar-refractivity contribution in [2.45, 2.75) is 26.3 Å². The Morgan fingerprint density at radius 2 is 2.17 bits per heavy atom. The smallest absolute Gasteiger partial charge is 0.256 e. The second-order valence-corrected chi connectivity index (χ2v) is 5.87. The van der Waals surface area contributed by atoms with E-state index in [-0.39, 0.29) is 11.5 Å². The third-order valence-electron chi connectivity index (χ3n) is 2.48. The predicted molar refractivity (Wildman–Crippen MR) is 43.8 cm³/mol. The van der Waals surface area contributed by atoms with Gasteiger partial charge in [-0.25, -0.2) is 0 Å². The molecular weight excluding hydrogens is 178 g/mol. The van der Waals surface area contributed by atoms with E-state index in [1.165, 1.54) is 4.31 Å². The average molecular weight is 191 g/mol. The summed E-state index contributed by atoms with van der Waals surface area (Å²) in [6.45, 7) is 5.10. The molecule has 0 amide bonds. The summed E-state index contributed by atoms with van der Waals surface area (Å²) < 4.78 is 28.6. The third kappa shape index (κ3) is 1.16. The molecule has 1 unspecified atom stereocenters. The summed E-state index contributed by atoms with van der Waals surface area (Å²) in [5.74, 6) is 0. The molecule has 0 aliphatic carbocycles. The maximum Gasteiger partial charge on any atom is 0.338 e. The van der Waals surface area contributed by atoms with Crippen molar-refractivity contribution in [1.29, 1.82) is 0 Å². The molecule has 70 valence electrons. The molecule has 0 aromatic carbocycles. The van der Waals surface area contributed by atoms with E-state index in [1.54, 1.807) is 0 Å². The van der Waals surface area contributed by atoms with E-state index < -0.39 is 10.3 Å². The summed E-state index contributed by atoms with van der Waals surface area (Å²) in [7, 11) is -3.36. The number of hydrogen-bond donors (Lipinski definition) is 0. The zero-order valence-corrected chi connectivity index (χ0v) is 8.10. The van der Waals surface area contributed by atoms with Gasteiger partial charge in [0.15, 0.2) is 0 Å². The fourth-order valence-corrected chi connectivity index (χ4v) is 3.46. The van der Waals surface area contributed by atoms with Crippen molar-refractivity contribution in [2.75, 3.05) is 13.2 Å². The number of hydrogen-bond acceptors (Lipinski definition) is 3. The van der Waals surface area contributed by atoms with E-state index in [2.05, 4.69) is 13.8 Å². The van der Waals surface area contributed by atoms with Crippen LogP contribution in [0.15, 0.2) is 0 Å². The fraction of sp³-hybridized carbons (Fsp3) is 1.00. The van der Waals surface area contributed by atoms with Crippen LogP contribution >= 0.6 is 0 Å². The van der Waals surface area contributed by atoms with Crippen LogP contribution in [0.5, 0.6) is 0 Å². The van der Waals surface area contributed by atoms with Crippen LogP contribution in [0, 0.1) is 5.41 Å². The van der Waals surface area contributed by atoms with Crippen molar-refractivity contribution >= 4 is 10.3 Å². The first-order chi connectivity index (χ1) is 5.41. The largest absolute Gasteiger partial charge is 0.338 e. The molecule has 2 aliphatic rings. The van der Waals surface area contributed by atoms with Gasteiger partial charge in [0.1, 0.15) is 0 Å². The zero-order chi connectivity index (χ0) is 8.98. The molecule has 0 N–H and O–H groups in total. The van der Waals surface area contributed by atoms with Crippen LogP contribution in [-0.2, 0) is 14.5 Å². The number of fused-ring (bicyclic) bond motifs is 1. The first kappa shape index (κ1) is 8.47. The van der Waals surface area contributed by atoms with E-state index in [4.69, 9.17) is 4.18 Å². The van der Waals surface area contributed by atoms with E-state index in [9.17, 15) is 8.42 Å².